The number of hydrazone groups is 1. The zero-order chi connectivity index (χ0) is 12.4. The van der Waals surface area contributed by atoms with Crippen LogP contribution in [-0.4, -0.2) is 16.7 Å². The summed E-state index contributed by atoms with van der Waals surface area (Å²) in [4.78, 5) is 11.2. The Morgan fingerprint density at radius 2 is 2.12 bits per heavy atom. The van der Waals surface area contributed by atoms with Gasteiger partial charge in [-0.1, -0.05) is 12.1 Å². The molecule has 0 aromatic heterocycles. The SMILES string of the molecule is CC1=NNC(=O)C[C@H]1[C@@H](O)c1ccc(F)cc1. The molecule has 0 unspecified atom stereocenters. The van der Waals surface area contributed by atoms with E-state index in [4.69, 9.17) is 0 Å². The van der Waals surface area contributed by atoms with Gasteiger partial charge >= 0.3 is 0 Å². The normalized spacial score (nSPS) is 21.7. The second kappa shape index (κ2) is 4.63. The van der Waals surface area contributed by atoms with E-state index in [0.717, 1.165) is 0 Å². The molecular weight excluding hydrogens is 223 g/mol. The third-order valence-corrected chi connectivity index (χ3v) is 2.89. The third-order valence-electron chi connectivity index (χ3n) is 2.89. The van der Waals surface area contributed by atoms with E-state index in [1.54, 1.807) is 6.92 Å². The molecule has 90 valence electrons. The Kier molecular flexibility index (Phi) is 3.19. The maximum Gasteiger partial charge on any atom is 0.240 e. The average Bonchev–Trinajstić information content (AvgIpc) is 2.32. The Hall–Kier alpha value is -1.75. The van der Waals surface area contributed by atoms with E-state index in [9.17, 15) is 14.3 Å². The summed E-state index contributed by atoms with van der Waals surface area (Å²) in [7, 11) is 0. The van der Waals surface area contributed by atoms with E-state index >= 15 is 0 Å². The summed E-state index contributed by atoms with van der Waals surface area (Å²) >= 11 is 0. The quantitative estimate of drug-likeness (QED) is 0.814. The maximum absolute atomic E-state index is 12.8. The molecule has 4 nitrogen and oxygen atoms in total. The standard InChI is InChI=1S/C12H13FN2O2/c1-7-10(6-11(16)15-14-7)12(17)8-2-4-9(13)5-3-8/h2-5,10,12,17H,6H2,1H3,(H,15,16)/t10-,12+/m1/s1. The first-order chi connectivity index (χ1) is 8.08. The predicted molar refractivity (Wildman–Crippen MR) is 60.7 cm³/mol. The lowest BCUT2D eigenvalue weighted by atomic mass is 9.88. The van der Waals surface area contributed by atoms with Crippen LogP contribution in [0.3, 0.4) is 0 Å². The van der Waals surface area contributed by atoms with E-state index in [-0.39, 0.29) is 24.1 Å². The molecule has 0 spiro atoms. The Bertz CT molecular complexity index is 456. The number of nitrogens with one attached hydrogen (secondary N) is 1. The molecule has 0 aliphatic carbocycles. The first-order valence-corrected chi connectivity index (χ1v) is 5.34. The van der Waals surface area contributed by atoms with Gasteiger partial charge in [0.15, 0.2) is 0 Å². The van der Waals surface area contributed by atoms with Gasteiger partial charge in [0.2, 0.25) is 5.91 Å². The molecule has 5 heteroatoms. The van der Waals surface area contributed by atoms with Gasteiger partial charge < -0.3 is 5.11 Å². The summed E-state index contributed by atoms with van der Waals surface area (Å²) in [6.07, 6.45) is -0.654. The summed E-state index contributed by atoms with van der Waals surface area (Å²) in [5.41, 5.74) is 3.61. The second-order valence-electron chi connectivity index (χ2n) is 4.10. The smallest absolute Gasteiger partial charge is 0.240 e. The van der Waals surface area contributed by atoms with Gasteiger partial charge in [-0.2, -0.15) is 5.10 Å². The molecular formula is C12H13FN2O2. The predicted octanol–water partition coefficient (Wildman–Crippen LogP) is 1.37. The van der Waals surface area contributed by atoms with Crippen molar-refractivity contribution in [3.05, 3.63) is 35.6 Å². The summed E-state index contributed by atoms with van der Waals surface area (Å²) in [5.74, 6) is -0.927. The zero-order valence-electron chi connectivity index (χ0n) is 9.35. The summed E-state index contributed by atoms with van der Waals surface area (Å²) in [6, 6.07) is 5.60. The molecule has 0 saturated heterocycles. The number of nitrogens with zero attached hydrogens (tertiary/aromatic N) is 1. The van der Waals surface area contributed by atoms with Crippen LogP contribution in [-0.2, 0) is 4.79 Å². The minimum atomic E-state index is -0.842. The molecule has 0 bridgehead atoms. The lowest BCUT2D eigenvalue weighted by molar-refractivity contribution is -0.122. The van der Waals surface area contributed by atoms with Gasteiger partial charge in [-0.3, -0.25) is 4.79 Å². The number of benzene rings is 1. The molecule has 2 atom stereocenters. The van der Waals surface area contributed by atoms with Gasteiger partial charge in [0, 0.05) is 18.1 Å². The Morgan fingerprint density at radius 3 is 2.76 bits per heavy atom. The molecule has 2 rings (SSSR count). The Morgan fingerprint density at radius 1 is 1.47 bits per heavy atom. The first-order valence-electron chi connectivity index (χ1n) is 5.34. The van der Waals surface area contributed by atoms with Crippen molar-refractivity contribution in [1.29, 1.82) is 0 Å². The fourth-order valence-corrected chi connectivity index (χ4v) is 1.86. The number of carbonyl (C=O) groups excluding carboxylic acids is 1. The molecule has 2 N–H and O–H groups in total. The fraction of sp³-hybridized carbons (Fsp3) is 0.333. The molecule has 17 heavy (non-hydrogen) atoms. The van der Waals surface area contributed by atoms with Crippen LogP contribution >= 0.6 is 0 Å². The molecule has 1 aliphatic rings. The maximum atomic E-state index is 12.8. The highest BCUT2D eigenvalue weighted by atomic mass is 19.1. The van der Waals surface area contributed by atoms with Crippen LogP contribution in [0.1, 0.15) is 25.0 Å². The van der Waals surface area contributed by atoms with Gasteiger partial charge in [0.1, 0.15) is 5.82 Å². The molecule has 1 amide bonds. The fourth-order valence-electron chi connectivity index (χ4n) is 1.86. The number of carbonyl (C=O) groups is 1. The highest BCUT2D eigenvalue weighted by molar-refractivity contribution is 5.93. The molecule has 1 aliphatic heterocycles. The van der Waals surface area contributed by atoms with Gasteiger partial charge in [0.05, 0.1) is 6.10 Å². The van der Waals surface area contributed by atoms with Crippen LogP contribution in [0, 0.1) is 11.7 Å². The lowest BCUT2D eigenvalue weighted by Crippen LogP contribution is -2.34. The van der Waals surface area contributed by atoms with Crippen LogP contribution in [0.4, 0.5) is 4.39 Å². The second-order valence-corrected chi connectivity index (χ2v) is 4.10. The van der Waals surface area contributed by atoms with Crippen LogP contribution in [0.5, 0.6) is 0 Å². The molecule has 0 fully saturated rings. The van der Waals surface area contributed by atoms with E-state index in [2.05, 4.69) is 10.5 Å². The van der Waals surface area contributed by atoms with Crippen molar-refractivity contribution in [2.75, 3.05) is 0 Å². The van der Waals surface area contributed by atoms with Crippen LogP contribution in [0.25, 0.3) is 0 Å². The minimum Gasteiger partial charge on any atom is -0.388 e. The molecule has 0 radical (unpaired) electrons. The van der Waals surface area contributed by atoms with Gasteiger partial charge in [0.25, 0.3) is 0 Å². The van der Waals surface area contributed by atoms with Gasteiger partial charge in [-0.25, -0.2) is 9.82 Å². The molecule has 0 saturated carbocycles. The van der Waals surface area contributed by atoms with Crippen LogP contribution in [0.2, 0.25) is 0 Å². The monoisotopic (exact) mass is 236 g/mol. The lowest BCUT2D eigenvalue weighted by Gasteiger charge is -2.25. The van der Waals surface area contributed by atoms with E-state index < -0.39 is 6.10 Å². The first kappa shape index (κ1) is 11.7. The zero-order valence-corrected chi connectivity index (χ0v) is 9.35. The van der Waals surface area contributed by atoms with Crippen molar-refractivity contribution >= 4 is 11.6 Å². The number of amides is 1. The minimum absolute atomic E-state index is 0.188. The average molecular weight is 236 g/mol. The summed E-state index contributed by atoms with van der Waals surface area (Å²) in [5, 5.41) is 14.0. The summed E-state index contributed by atoms with van der Waals surface area (Å²) < 4.78 is 12.8. The van der Waals surface area contributed by atoms with Crippen molar-refractivity contribution in [3.63, 3.8) is 0 Å². The largest absolute Gasteiger partial charge is 0.388 e. The topological polar surface area (TPSA) is 61.7 Å². The van der Waals surface area contributed by atoms with E-state index in [0.29, 0.717) is 11.3 Å². The number of rotatable bonds is 2. The number of hydrogen-bond acceptors (Lipinski definition) is 3. The Labute approximate surface area is 98.2 Å². The van der Waals surface area contributed by atoms with Crippen molar-refractivity contribution in [2.45, 2.75) is 19.4 Å². The highest BCUT2D eigenvalue weighted by Gasteiger charge is 2.29. The Balaban J connectivity index is 2.22. The molecule has 1 heterocycles. The van der Waals surface area contributed by atoms with Gasteiger partial charge in [-0.15, -0.1) is 0 Å². The van der Waals surface area contributed by atoms with Crippen LogP contribution in [0.15, 0.2) is 29.4 Å². The van der Waals surface area contributed by atoms with E-state index in [1.807, 2.05) is 0 Å². The molecule has 1 aromatic carbocycles. The number of aliphatic hydroxyl groups excluding tert-OH is 1. The highest BCUT2D eigenvalue weighted by Crippen LogP contribution is 2.27. The van der Waals surface area contributed by atoms with Crippen molar-refractivity contribution in [1.82, 2.24) is 5.43 Å². The van der Waals surface area contributed by atoms with Gasteiger partial charge in [-0.05, 0) is 24.6 Å². The van der Waals surface area contributed by atoms with E-state index in [1.165, 1.54) is 24.3 Å². The molecule has 1 aromatic rings. The van der Waals surface area contributed by atoms with Crippen molar-refractivity contribution in [2.24, 2.45) is 11.0 Å². The number of aliphatic hydroxyl groups is 1. The summed E-state index contributed by atoms with van der Waals surface area (Å²) in [6.45, 7) is 1.75. The third kappa shape index (κ3) is 2.50. The number of halogens is 1. The van der Waals surface area contributed by atoms with Crippen molar-refractivity contribution in [3.8, 4) is 0 Å². The number of hydrogen-bond donors (Lipinski definition) is 2. The van der Waals surface area contributed by atoms with Crippen molar-refractivity contribution < 1.29 is 14.3 Å². The van der Waals surface area contributed by atoms with Crippen LogP contribution < -0.4 is 5.43 Å².